The summed E-state index contributed by atoms with van der Waals surface area (Å²) in [6.07, 6.45) is -3.97. The molecule has 17 heavy (non-hydrogen) atoms. The molecule has 0 spiro atoms. The molecule has 0 saturated carbocycles. The quantitative estimate of drug-likeness (QED) is 0.625. The molecule has 2 rings (SSSR count). The Bertz CT molecular complexity index is 516. The molecule has 0 bridgehead atoms. The summed E-state index contributed by atoms with van der Waals surface area (Å²) < 4.78 is 19.9. The average molecular weight is 262 g/mol. The van der Waals surface area contributed by atoms with Gasteiger partial charge in [-0.1, -0.05) is 0 Å². The molecular weight excluding hydrogens is 251 g/mol. The van der Waals surface area contributed by atoms with Crippen molar-refractivity contribution in [1.29, 1.82) is 0 Å². The number of alkyl halides is 1. The first-order chi connectivity index (χ1) is 8.04. The summed E-state index contributed by atoms with van der Waals surface area (Å²) in [7, 11) is 0. The summed E-state index contributed by atoms with van der Waals surface area (Å²) in [5.74, 6) is 0. The van der Waals surface area contributed by atoms with E-state index in [2.05, 4.69) is 4.98 Å². The van der Waals surface area contributed by atoms with Crippen molar-refractivity contribution in [3.63, 3.8) is 0 Å². The Morgan fingerprint density at radius 3 is 2.88 bits per heavy atom. The fraction of sp³-hybridized carbons (Fsp3) is 0.556. The normalized spacial score (nSPS) is 32.9. The molecule has 94 valence electrons. The highest BCUT2D eigenvalue weighted by Crippen LogP contribution is 2.30. The third-order valence-corrected chi connectivity index (χ3v) is 2.91. The predicted molar refractivity (Wildman–Crippen MR) is 57.8 cm³/mol. The number of ether oxygens (including phenoxy) is 1. The van der Waals surface area contributed by atoms with Gasteiger partial charge in [-0.2, -0.15) is 0 Å². The largest absolute Gasteiger partial charge is 0.394 e. The van der Waals surface area contributed by atoms with E-state index in [1.807, 2.05) is 0 Å². The van der Waals surface area contributed by atoms with E-state index in [-0.39, 0.29) is 4.77 Å². The summed E-state index contributed by atoms with van der Waals surface area (Å²) in [4.78, 5) is 13.3. The number of nitrogens with one attached hydrogen (secondary N) is 1. The second-order valence-electron chi connectivity index (χ2n) is 3.70. The highest BCUT2D eigenvalue weighted by atomic mass is 32.1. The van der Waals surface area contributed by atoms with Crippen LogP contribution >= 0.6 is 12.2 Å². The third kappa shape index (κ3) is 2.16. The van der Waals surface area contributed by atoms with Gasteiger partial charge in [-0.15, -0.1) is 0 Å². The molecule has 0 amide bonds. The number of nitrogens with zero attached hydrogens (tertiary/aromatic N) is 1. The predicted octanol–water partition coefficient (Wildman–Crippen LogP) is -0.505. The lowest BCUT2D eigenvalue weighted by Gasteiger charge is -2.17. The molecule has 2 heterocycles. The fourth-order valence-electron chi connectivity index (χ4n) is 1.71. The number of aromatic amines is 1. The Labute approximate surface area is 100 Å². The van der Waals surface area contributed by atoms with E-state index in [1.54, 1.807) is 0 Å². The summed E-state index contributed by atoms with van der Waals surface area (Å²) >= 11 is 4.87. The lowest BCUT2D eigenvalue weighted by atomic mass is 10.1. The molecule has 3 N–H and O–H groups in total. The fourth-order valence-corrected chi connectivity index (χ4v) is 1.98. The van der Waals surface area contributed by atoms with Crippen molar-refractivity contribution < 1.29 is 19.3 Å². The van der Waals surface area contributed by atoms with Crippen LogP contribution in [0.25, 0.3) is 0 Å². The summed E-state index contributed by atoms with van der Waals surface area (Å²) in [5, 5.41) is 18.5. The molecule has 1 fully saturated rings. The minimum Gasteiger partial charge on any atom is -0.394 e. The minimum absolute atomic E-state index is 0.0207. The SMILES string of the molecule is O=c1ccn([C@@H]2O[C@H](CO)[C@@H](F)[C@@H]2O)c(=S)[nH]1. The topological polar surface area (TPSA) is 87.5 Å². The van der Waals surface area contributed by atoms with E-state index in [0.29, 0.717) is 0 Å². The van der Waals surface area contributed by atoms with Gasteiger partial charge < -0.3 is 14.9 Å². The van der Waals surface area contributed by atoms with Gasteiger partial charge in [0, 0.05) is 12.3 Å². The monoisotopic (exact) mass is 262 g/mol. The maximum atomic E-state index is 13.5. The smallest absolute Gasteiger partial charge is 0.251 e. The van der Waals surface area contributed by atoms with E-state index in [4.69, 9.17) is 22.1 Å². The summed E-state index contributed by atoms with van der Waals surface area (Å²) in [6, 6.07) is 1.19. The van der Waals surface area contributed by atoms with Crippen molar-refractivity contribution in [2.45, 2.75) is 24.6 Å². The molecule has 0 aromatic carbocycles. The Hall–Kier alpha value is -1.09. The molecule has 1 aromatic rings. The zero-order valence-electron chi connectivity index (χ0n) is 8.62. The van der Waals surface area contributed by atoms with Gasteiger partial charge in [0.1, 0.15) is 12.2 Å². The Kier molecular flexibility index (Phi) is 3.38. The number of aromatic nitrogens is 2. The molecule has 0 unspecified atom stereocenters. The number of aliphatic hydroxyl groups excluding tert-OH is 2. The Morgan fingerprint density at radius 2 is 2.35 bits per heavy atom. The van der Waals surface area contributed by atoms with Gasteiger partial charge in [-0.3, -0.25) is 14.3 Å². The van der Waals surface area contributed by atoms with Crippen LogP contribution in [0.5, 0.6) is 0 Å². The molecule has 8 heteroatoms. The van der Waals surface area contributed by atoms with Crippen LogP contribution in [0, 0.1) is 4.77 Å². The molecule has 1 aliphatic heterocycles. The molecule has 1 aromatic heterocycles. The van der Waals surface area contributed by atoms with Crippen molar-refractivity contribution >= 4 is 12.2 Å². The van der Waals surface area contributed by atoms with E-state index < -0.39 is 36.8 Å². The van der Waals surface area contributed by atoms with E-state index in [0.717, 1.165) is 0 Å². The van der Waals surface area contributed by atoms with Crippen LogP contribution in [0.15, 0.2) is 17.1 Å². The molecule has 6 nitrogen and oxygen atoms in total. The minimum atomic E-state index is -1.70. The van der Waals surface area contributed by atoms with Crippen LogP contribution in [-0.4, -0.2) is 44.8 Å². The number of aliphatic hydroxyl groups is 2. The summed E-state index contributed by atoms with van der Waals surface area (Å²) in [5.41, 5.74) is -0.394. The van der Waals surface area contributed by atoms with Crippen molar-refractivity contribution in [1.82, 2.24) is 9.55 Å². The van der Waals surface area contributed by atoms with E-state index >= 15 is 0 Å². The zero-order chi connectivity index (χ0) is 12.6. The Balaban J connectivity index is 2.35. The second kappa shape index (κ2) is 4.65. The lowest BCUT2D eigenvalue weighted by Crippen LogP contribution is -2.30. The molecule has 4 atom stereocenters. The van der Waals surface area contributed by atoms with Crippen LogP contribution in [0.3, 0.4) is 0 Å². The van der Waals surface area contributed by atoms with Crippen LogP contribution in [-0.2, 0) is 4.74 Å². The average Bonchev–Trinajstić information content (AvgIpc) is 2.57. The van der Waals surface area contributed by atoms with Crippen LogP contribution in [0.4, 0.5) is 4.39 Å². The van der Waals surface area contributed by atoms with Gasteiger partial charge in [0.15, 0.2) is 17.2 Å². The second-order valence-corrected chi connectivity index (χ2v) is 4.09. The first-order valence-corrected chi connectivity index (χ1v) is 5.35. The molecule has 1 aliphatic rings. The van der Waals surface area contributed by atoms with Gasteiger partial charge in [0.25, 0.3) is 5.56 Å². The van der Waals surface area contributed by atoms with Gasteiger partial charge in [0.05, 0.1) is 6.61 Å². The molecule has 1 saturated heterocycles. The molecule has 0 radical (unpaired) electrons. The lowest BCUT2D eigenvalue weighted by molar-refractivity contribution is -0.0528. The number of rotatable bonds is 2. The zero-order valence-corrected chi connectivity index (χ0v) is 9.43. The van der Waals surface area contributed by atoms with Crippen molar-refractivity contribution in [3.8, 4) is 0 Å². The maximum absolute atomic E-state index is 13.5. The van der Waals surface area contributed by atoms with Gasteiger partial charge in [-0.25, -0.2) is 4.39 Å². The van der Waals surface area contributed by atoms with Gasteiger partial charge in [-0.05, 0) is 12.2 Å². The summed E-state index contributed by atoms with van der Waals surface area (Å²) in [6.45, 7) is -0.536. The number of hydrogen-bond donors (Lipinski definition) is 3. The van der Waals surface area contributed by atoms with Crippen molar-refractivity contribution in [2.24, 2.45) is 0 Å². The van der Waals surface area contributed by atoms with Gasteiger partial charge >= 0.3 is 0 Å². The van der Waals surface area contributed by atoms with E-state index in [1.165, 1.54) is 16.8 Å². The Morgan fingerprint density at radius 1 is 1.65 bits per heavy atom. The third-order valence-electron chi connectivity index (χ3n) is 2.59. The van der Waals surface area contributed by atoms with Crippen molar-refractivity contribution in [3.05, 3.63) is 27.4 Å². The molecular formula is C9H11FN2O4S. The van der Waals surface area contributed by atoms with E-state index in [9.17, 15) is 14.3 Å². The number of hydrogen-bond acceptors (Lipinski definition) is 5. The molecule has 0 aliphatic carbocycles. The standard InChI is InChI=1S/C9H11FN2O4S/c10-6-4(3-13)16-8(7(6)15)12-2-1-5(14)11-9(12)17/h1-2,4,6-8,13,15H,3H2,(H,11,14,17)/t4-,6-,7+,8-/m1/s1. The highest BCUT2D eigenvalue weighted by Gasteiger charge is 2.44. The number of halogens is 1. The first kappa shape index (κ1) is 12.4. The first-order valence-electron chi connectivity index (χ1n) is 4.94. The highest BCUT2D eigenvalue weighted by molar-refractivity contribution is 7.71. The van der Waals surface area contributed by atoms with Crippen LogP contribution in [0.2, 0.25) is 0 Å². The van der Waals surface area contributed by atoms with Crippen LogP contribution < -0.4 is 5.56 Å². The van der Waals surface area contributed by atoms with Crippen molar-refractivity contribution in [2.75, 3.05) is 6.61 Å². The maximum Gasteiger partial charge on any atom is 0.251 e. The van der Waals surface area contributed by atoms with Crippen LogP contribution in [0.1, 0.15) is 6.23 Å². The number of H-pyrrole nitrogens is 1. The van der Waals surface area contributed by atoms with Gasteiger partial charge in [0.2, 0.25) is 0 Å².